The number of benzene rings is 2. The van der Waals surface area contributed by atoms with Crippen LogP contribution in [0, 0.1) is 0 Å². The highest BCUT2D eigenvalue weighted by Crippen LogP contribution is 2.29. The lowest BCUT2D eigenvalue weighted by atomic mass is 10.0. The molecule has 2 N–H and O–H groups in total. The van der Waals surface area contributed by atoms with Gasteiger partial charge in [0.1, 0.15) is 5.25 Å². The number of aliphatic imine (C=N–C) groups is 1. The number of likely N-dealkylation sites (tertiary alicyclic amines) is 1. The van der Waals surface area contributed by atoms with Crippen molar-refractivity contribution in [3.8, 4) is 0 Å². The summed E-state index contributed by atoms with van der Waals surface area (Å²) in [5.41, 5.74) is 2.16. The summed E-state index contributed by atoms with van der Waals surface area (Å²) in [7, 11) is 0. The second-order valence-corrected chi connectivity index (χ2v) is 9.91. The zero-order valence-corrected chi connectivity index (χ0v) is 20.1. The van der Waals surface area contributed by atoms with Crippen molar-refractivity contribution in [2.24, 2.45) is 4.99 Å². The monoisotopic (exact) mass is 478 g/mol. The fraction of sp³-hybridized carbons (Fsp3) is 0.385. The molecule has 8 heteroatoms. The Hall–Kier alpha value is -3.13. The highest BCUT2D eigenvalue weighted by Gasteiger charge is 2.33. The molecule has 4 rings (SSSR count). The smallest absolute Gasteiger partial charge is 0.262 e. The second kappa shape index (κ2) is 11.3. The Balaban J connectivity index is 1.27. The van der Waals surface area contributed by atoms with Gasteiger partial charge in [-0.15, -0.1) is 0 Å². The molecule has 178 valence electrons. The van der Waals surface area contributed by atoms with Crippen LogP contribution in [0.4, 0.5) is 5.69 Å². The molecule has 2 aromatic carbocycles. The van der Waals surface area contributed by atoms with Gasteiger partial charge >= 0.3 is 0 Å². The van der Waals surface area contributed by atoms with Crippen LogP contribution in [0.5, 0.6) is 0 Å². The Bertz CT molecular complexity index is 1070. The number of carbonyl (C=O) groups excluding carboxylic acids is 3. The summed E-state index contributed by atoms with van der Waals surface area (Å²) >= 11 is 1.38. The first kappa shape index (κ1) is 24.0. The van der Waals surface area contributed by atoms with E-state index in [1.54, 1.807) is 24.3 Å². The second-order valence-electron chi connectivity index (χ2n) is 8.74. The molecule has 2 aliphatic heterocycles. The van der Waals surface area contributed by atoms with Crippen molar-refractivity contribution in [1.29, 1.82) is 0 Å². The van der Waals surface area contributed by atoms with Gasteiger partial charge in [-0.05, 0) is 48.9 Å². The molecule has 7 nitrogen and oxygen atoms in total. The fourth-order valence-electron chi connectivity index (χ4n) is 4.10. The molecule has 34 heavy (non-hydrogen) atoms. The molecule has 0 saturated carbocycles. The highest BCUT2D eigenvalue weighted by atomic mass is 32.2. The summed E-state index contributed by atoms with van der Waals surface area (Å²) in [6, 6.07) is 16.9. The van der Waals surface area contributed by atoms with E-state index < -0.39 is 5.25 Å². The minimum Gasteiger partial charge on any atom is -0.351 e. The van der Waals surface area contributed by atoms with Gasteiger partial charge in [0.2, 0.25) is 5.91 Å². The molecule has 3 amide bonds. The van der Waals surface area contributed by atoms with E-state index in [0.717, 1.165) is 36.7 Å². The number of hydrogen-bond acceptors (Lipinski definition) is 5. The van der Waals surface area contributed by atoms with Gasteiger partial charge in [0.15, 0.2) is 5.17 Å². The highest BCUT2D eigenvalue weighted by molar-refractivity contribution is 8.15. The van der Waals surface area contributed by atoms with Gasteiger partial charge in [-0.3, -0.25) is 14.4 Å². The summed E-state index contributed by atoms with van der Waals surface area (Å²) in [5.74, 6) is -0.524. The minimum absolute atomic E-state index is 0.0509. The van der Waals surface area contributed by atoms with E-state index in [1.807, 2.05) is 30.3 Å². The number of nitrogens with one attached hydrogen (secondary N) is 2. The van der Waals surface area contributed by atoms with Gasteiger partial charge in [-0.2, -0.15) is 4.99 Å². The fourth-order valence-corrected chi connectivity index (χ4v) is 5.21. The third kappa shape index (κ3) is 6.26. The topological polar surface area (TPSA) is 90.9 Å². The molecule has 1 fully saturated rings. The standard InChI is InChI=1S/C26H30N4O3S/c1-18(19-9-4-2-5-10-19)17-27-24(32)20-11-8-12-21(15-20)28-23(31)16-22-25(33)29-26(34-22)30-13-6-3-7-14-30/h2,4-5,8-12,15,18,22H,3,6-7,13-14,16-17H2,1H3,(H,27,32)(H,28,31). The zero-order chi connectivity index (χ0) is 23.9. The van der Waals surface area contributed by atoms with Crippen molar-refractivity contribution < 1.29 is 14.4 Å². The van der Waals surface area contributed by atoms with E-state index in [9.17, 15) is 14.4 Å². The number of hydrogen-bond donors (Lipinski definition) is 2. The molecule has 0 spiro atoms. The van der Waals surface area contributed by atoms with Crippen LogP contribution in [-0.2, 0) is 9.59 Å². The van der Waals surface area contributed by atoms with Gasteiger partial charge in [0, 0.05) is 37.3 Å². The number of anilines is 1. The SMILES string of the molecule is CC(CNC(=O)c1cccc(NC(=O)CC2SC(N3CCCCC3)=NC2=O)c1)c1ccccc1. The summed E-state index contributed by atoms with van der Waals surface area (Å²) in [5, 5.41) is 6.02. The van der Waals surface area contributed by atoms with Crippen molar-refractivity contribution in [3.63, 3.8) is 0 Å². The predicted octanol–water partition coefficient (Wildman–Crippen LogP) is 4.03. The van der Waals surface area contributed by atoms with E-state index in [1.165, 1.54) is 18.2 Å². The molecule has 0 aliphatic carbocycles. The number of amidine groups is 1. The first-order valence-corrected chi connectivity index (χ1v) is 12.6. The number of rotatable bonds is 7. The Kier molecular flexibility index (Phi) is 8.00. The van der Waals surface area contributed by atoms with E-state index in [0.29, 0.717) is 17.8 Å². The van der Waals surface area contributed by atoms with Gasteiger partial charge in [-0.25, -0.2) is 0 Å². The number of nitrogens with zero attached hydrogens (tertiary/aromatic N) is 2. The number of piperidine rings is 1. The van der Waals surface area contributed by atoms with E-state index in [-0.39, 0.29) is 30.1 Å². The van der Waals surface area contributed by atoms with Crippen LogP contribution in [0.2, 0.25) is 0 Å². The largest absolute Gasteiger partial charge is 0.351 e. The first-order valence-electron chi connectivity index (χ1n) is 11.8. The van der Waals surface area contributed by atoms with Crippen LogP contribution in [0.25, 0.3) is 0 Å². The maximum atomic E-state index is 12.6. The first-order chi connectivity index (χ1) is 16.5. The molecule has 2 atom stereocenters. The number of thioether (sulfide) groups is 1. The van der Waals surface area contributed by atoms with Gasteiger partial charge in [0.05, 0.1) is 0 Å². The Morgan fingerprint density at radius 1 is 1.09 bits per heavy atom. The number of carbonyl (C=O) groups is 3. The van der Waals surface area contributed by atoms with Crippen molar-refractivity contribution >= 4 is 40.3 Å². The third-order valence-electron chi connectivity index (χ3n) is 6.07. The molecule has 2 aromatic rings. The Morgan fingerprint density at radius 3 is 2.62 bits per heavy atom. The lowest BCUT2D eigenvalue weighted by Gasteiger charge is -2.27. The predicted molar refractivity (Wildman–Crippen MR) is 136 cm³/mol. The van der Waals surface area contributed by atoms with Crippen LogP contribution in [0.3, 0.4) is 0 Å². The summed E-state index contributed by atoms with van der Waals surface area (Å²) in [4.78, 5) is 43.9. The van der Waals surface area contributed by atoms with E-state index in [4.69, 9.17) is 0 Å². The maximum Gasteiger partial charge on any atom is 0.262 e. The third-order valence-corrected chi connectivity index (χ3v) is 7.29. The number of amides is 3. The van der Waals surface area contributed by atoms with Crippen LogP contribution in [0.15, 0.2) is 59.6 Å². The molecule has 0 radical (unpaired) electrons. The molecule has 2 unspecified atom stereocenters. The minimum atomic E-state index is -0.497. The van der Waals surface area contributed by atoms with Crippen molar-refractivity contribution in [1.82, 2.24) is 10.2 Å². The van der Waals surface area contributed by atoms with E-state index in [2.05, 4.69) is 27.4 Å². The average molecular weight is 479 g/mol. The lowest BCUT2D eigenvalue weighted by molar-refractivity contribution is -0.121. The van der Waals surface area contributed by atoms with E-state index >= 15 is 0 Å². The molecular weight excluding hydrogens is 448 g/mol. The Labute approximate surface area is 204 Å². The zero-order valence-electron chi connectivity index (χ0n) is 19.3. The molecule has 0 aromatic heterocycles. The van der Waals surface area contributed by atoms with Crippen LogP contribution in [0.1, 0.15) is 54.4 Å². The quantitative estimate of drug-likeness (QED) is 0.627. The molecular formula is C26H30N4O3S. The molecule has 1 saturated heterocycles. The van der Waals surface area contributed by atoms with Gasteiger partial charge < -0.3 is 15.5 Å². The molecule has 2 aliphatic rings. The molecule has 0 bridgehead atoms. The van der Waals surface area contributed by atoms with Gasteiger partial charge in [-0.1, -0.05) is 55.1 Å². The normalized spacial score (nSPS) is 18.9. The summed E-state index contributed by atoms with van der Waals surface area (Å²) in [6.45, 7) is 4.41. The maximum absolute atomic E-state index is 12.6. The average Bonchev–Trinajstić information content (AvgIpc) is 3.23. The molecule has 2 heterocycles. The summed E-state index contributed by atoms with van der Waals surface area (Å²) in [6.07, 6.45) is 3.47. The Morgan fingerprint density at radius 2 is 1.85 bits per heavy atom. The van der Waals surface area contributed by atoms with Crippen LogP contribution >= 0.6 is 11.8 Å². The van der Waals surface area contributed by atoms with Crippen LogP contribution < -0.4 is 10.6 Å². The lowest BCUT2D eigenvalue weighted by Crippen LogP contribution is -2.33. The van der Waals surface area contributed by atoms with Crippen molar-refractivity contribution in [2.75, 3.05) is 25.0 Å². The van der Waals surface area contributed by atoms with Crippen molar-refractivity contribution in [3.05, 3.63) is 65.7 Å². The summed E-state index contributed by atoms with van der Waals surface area (Å²) < 4.78 is 0. The van der Waals surface area contributed by atoms with Crippen molar-refractivity contribution in [2.45, 2.75) is 43.8 Å². The van der Waals surface area contributed by atoms with Gasteiger partial charge in [0.25, 0.3) is 11.8 Å². The van der Waals surface area contributed by atoms with Crippen LogP contribution in [-0.4, -0.2) is 52.7 Å².